The lowest BCUT2D eigenvalue weighted by molar-refractivity contribution is -0.0550. The van der Waals surface area contributed by atoms with Crippen molar-refractivity contribution in [2.75, 3.05) is 13.2 Å². The highest BCUT2D eigenvalue weighted by Gasteiger charge is 2.44. The molecule has 0 bridgehead atoms. The third-order valence-corrected chi connectivity index (χ3v) is 4.72. The molecule has 1 saturated carbocycles. The molecule has 3 nitrogen and oxygen atoms in total. The molecule has 2 atom stereocenters. The minimum atomic E-state index is -1.50. The van der Waals surface area contributed by atoms with Gasteiger partial charge in [-0.2, -0.15) is 0 Å². The van der Waals surface area contributed by atoms with Gasteiger partial charge in [-0.1, -0.05) is 25.5 Å². The first-order valence-electron chi connectivity index (χ1n) is 7.68. The number of benzene rings is 1. The van der Waals surface area contributed by atoms with E-state index in [1.54, 1.807) is 18.4 Å². The topological polar surface area (TPSA) is 45.4 Å². The summed E-state index contributed by atoms with van der Waals surface area (Å²) in [6.45, 7) is 1.90. The summed E-state index contributed by atoms with van der Waals surface area (Å²) in [6, 6.07) is 7.05. The SMILES string of the molecule is CCNC(C1CCC1)C(O)(CF)c1ccc2ccoc2c1. The number of hydrogen-bond acceptors (Lipinski definition) is 3. The zero-order valence-electron chi connectivity index (χ0n) is 12.3. The van der Waals surface area contributed by atoms with Gasteiger partial charge < -0.3 is 14.8 Å². The van der Waals surface area contributed by atoms with Crippen molar-refractivity contribution in [2.24, 2.45) is 5.92 Å². The highest BCUT2D eigenvalue weighted by atomic mass is 19.1. The predicted octanol–water partition coefficient (Wildman–Crippen LogP) is 3.37. The summed E-state index contributed by atoms with van der Waals surface area (Å²) in [5, 5.41) is 15.3. The van der Waals surface area contributed by atoms with Gasteiger partial charge in [0.15, 0.2) is 0 Å². The lowest BCUT2D eigenvalue weighted by Crippen LogP contribution is -2.55. The van der Waals surface area contributed by atoms with E-state index >= 15 is 0 Å². The number of rotatable bonds is 6. The van der Waals surface area contributed by atoms with Crippen molar-refractivity contribution in [3.05, 3.63) is 36.1 Å². The number of halogens is 1. The fourth-order valence-electron chi connectivity index (χ4n) is 3.28. The van der Waals surface area contributed by atoms with E-state index in [4.69, 9.17) is 4.42 Å². The predicted molar refractivity (Wildman–Crippen MR) is 80.9 cm³/mol. The summed E-state index contributed by atoms with van der Waals surface area (Å²) in [7, 11) is 0. The van der Waals surface area contributed by atoms with E-state index < -0.39 is 12.3 Å². The molecule has 0 aliphatic heterocycles. The van der Waals surface area contributed by atoms with Gasteiger partial charge in [-0.15, -0.1) is 0 Å². The van der Waals surface area contributed by atoms with Crippen LogP contribution in [-0.2, 0) is 5.60 Å². The fourth-order valence-corrected chi connectivity index (χ4v) is 3.28. The molecule has 4 heteroatoms. The van der Waals surface area contributed by atoms with Crippen molar-refractivity contribution in [1.82, 2.24) is 5.32 Å². The molecule has 114 valence electrons. The third kappa shape index (κ3) is 2.47. The highest BCUT2D eigenvalue weighted by molar-refractivity contribution is 5.77. The van der Waals surface area contributed by atoms with Crippen LogP contribution in [0.25, 0.3) is 11.0 Å². The molecule has 1 fully saturated rings. The van der Waals surface area contributed by atoms with Gasteiger partial charge in [-0.25, -0.2) is 4.39 Å². The Kier molecular flexibility index (Phi) is 4.00. The molecule has 3 rings (SSSR count). The lowest BCUT2D eigenvalue weighted by Gasteiger charge is -2.43. The normalized spacial score (nSPS) is 20.1. The first-order chi connectivity index (χ1) is 10.2. The van der Waals surface area contributed by atoms with Gasteiger partial charge in [0.2, 0.25) is 0 Å². The quantitative estimate of drug-likeness (QED) is 0.857. The number of hydrogen-bond donors (Lipinski definition) is 2. The summed E-state index contributed by atoms with van der Waals surface area (Å²) in [6.07, 6.45) is 4.86. The Morgan fingerprint density at radius 3 is 2.86 bits per heavy atom. The van der Waals surface area contributed by atoms with Crippen LogP contribution in [-0.4, -0.2) is 24.4 Å². The van der Waals surface area contributed by atoms with Crippen molar-refractivity contribution in [1.29, 1.82) is 0 Å². The summed E-state index contributed by atoms with van der Waals surface area (Å²) in [5.41, 5.74) is -0.226. The largest absolute Gasteiger partial charge is 0.464 e. The van der Waals surface area contributed by atoms with Crippen LogP contribution in [0.5, 0.6) is 0 Å². The standard InChI is InChI=1S/C17H22FNO2/c1-2-19-16(13-4-3-5-13)17(20,11-18)14-7-6-12-8-9-21-15(12)10-14/h6-10,13,16,19-20H,2-5,11H2,1H3. The van der Waals surface area contributed by atoms with E-state index in [2.05, 4.69) is 5.32 Å². The van der Waals surface area contributed by atoms with Crippen molar-refractivity contribution in [3.63, 3.8) is 0 Å². The molecular formula is C17H22FNO2. The van der Waals surface area contributed by atoms with Crippen LogP contribution >= 0.6 is 0 Å². The molecule has 2 aromatic rings. The summed E-state index contributed by atoms with van der Waals surface area (Å²) in [4.78, 5) is 0. The second kappa shape index (κ2) is 5.78. The van der Waals surface area contributed by atoms with Crippen molar-refractivity contribution >= 4 is 11.0 Å². The van der Waals surface area contributed by atoms with Crippen molar-refractivity contribution in [3.8, 4) is 0 Å². The number of alkyl halides is 1. The summed E-state index contributed by atoms with van der Waals surface area (Å²) in [5.74, 6) is 0.331. The smallest absolute Gasteiger partial charge is 0.134 e. The molecule has 1 aromatic heterocycles. The molecule has 1 heterocycles. The first kappa shape index (κ1) is 14.5. The third-order valence-electron chi connectivity index (χ3n) is 4.72. The Balaban J connectivity index is 1.99. The first-order valence-corrected chi connectivity index (χ1v) is 7.68. The highest BCUT2D eigenvalue weighted by Crippen LogP contribution is 2.39. The van der Waals surface area contributed by atoms with Crippen LogP contribution in [0.2, 0.25) is 0 Å². The van der Waals surface area contributed by atoms with Gasteiger partial charge in [0.25, 0.3) is 0 Å². The molecule has 1 aromatic carbocycles. The van der Waals surface area contributed by atoms with Gasteiger partial charge in [0.05, 0.1) is 6.26 Å². The zero-order chi connectivity index (χ0) is 14.9. The van der Waals surface area contributed by atoms with E-state index in [-0.39, 0.29) is 6.04 Å². The Morgan fingerprint density at radius 2 is 2.24 bits per heavy atom. The Bertz CT molecular complexity index is 608. The molecule has 21 heavy (non-hydrogen) atoms. The van der Waals surface area contributed by atoms with Crippen LogP contribution in [0.4, 0.5) is 4.39 Å². The van der Waals surface area contributed by atoms with Gasteiger partial charge in [-0.05, 0) is 43.0 Å². The maximum Gasteiger partial charge on any atom is 0.134 e. The molecule has 1 aliphatic carbocycles. The minimum absolute atomic E-state index is 0.256. The molecular weight excluding hydrogens is 269 g/mol. The van der Waals surface area contributed by atoms with Gasteiger partial charge >= 0.3 is 0 Å². The van der Waals surface area contributed by atoms with Gasteiger partial charge in [0.1, 0.15) is 17.9 Å². The van der Waals surface area contributed by atoms with E-state index in [1.165, 1.54) is 0 Å². The van der Waals surface area contributed by atoms with E-state index in [1.807, 2.05) is 19.1 Å². The average Bonchev–Trinajstić information content (AvgIpc) is 2.91. The van der Waals surface area contributed by atoms with Crippen LogP contribution < -0.4 is 5.32 Å². The number of furan rings is 1. The van der Waals surface area contributed by atoms with Crippen LogP contribution in [0, 0.1) is 5.92 Å². The summed E-state index contributed by atoms with van der Waals surface area (Å²) < 4.78 is 19.2. The van der Waals surface area contributed by atoms with Crippen LogP contribution in [0.15, 0.2) is 34.9 Å². The van der Waals surface area contributed by atoms with Gasteiger partial charge in [-0.3, -0.25) is 0 Å². The Morgan fingerprint density at radius 1 is 1.43 bits per heavy atom. The molecule has 0 saturated heterocycles. The van der Waals surface area contributed by atoms with Crippen LogP contribution in [0.1, 0.15) is 31.7 Å². The molecule has 2 N–H and O–H groups in total. The van der Waals surface area contributed by atoms with Crippen molar-refractivity contribution in [2.45, 2.75) is 37.8 Å². The summed E-state index contributed by atoms with van der Waals surface area (Å²) >= 11 is 0. The maximum absolute atomic E-state index is 13.8. The minimum Gasteiger partial charge on any atom is -0.464 e. The Hall–Kier alpha value is -1.39. The lowest BCUT2D eigenvalue weighted by atomic mass is 9.71. The molecule has 0 radical (unpaired) electrons. The molecule has 2 unspecified atom stereocenters. The van der Waals surface area contributed by atoms with Gasteiger partial charge in [0, 0.05) is 11.4 Å². The second-order valence-electron chi connectivity index (χ2n) is 5.96. The molecule has 0 spiro atoms. The number of nitrogens with one attached hydrogen (secondary N) is 1. The number of fused-ring (bicyclic) bond motifs is 1. The second-order valence-corrected chi connectivity index (χ2v) is 5.96. The maximum atomic E-state index is 13.8. The van der Waals surface area contributed by atoms with Crippen molar-refractivity contribution < 1.29 is 13.9 Å². The molecule has 0 amide bonds. The average molecular weight is 291 g/mol. The molecule has 1 aliphatic rings. The van der Waals surface area contributed by atoms with E-state index in [0.29, 0.717) is 23.6 Å². The van der Waals surface area contributed by atoms with E-state index in [0.717, 1.165) is 24.6 Å². The number of aliphatic hydroxyl groups is 1. The zero-order valence-corrected chi connectivity index (χ0v) is 12.3. The van der Waals surface area contributed by atoms with E-state index in [9.17, 15) is 9.50 Å². The number of likely N-dealkylation sites (N-methyl/N-ethyl adjacent to an activating group) is 1. The fraction of sp³-hybridized carbons (Fsp3) is 0.529. The monoisotopic (exact) mass is 291 g/mol. The van der Waals surface area contributed by atoms with Crippen LogP contribution in [0.3, 0.4) is 0 Å². The Labute approximate surface area is 124 Å².